The predicted octanol–water partition coefficient (Wildman–Crippen LogP) is 4.91. The van der Waals surface area contributed by atoms with E-state index in [2.05, 4.69) is 45.9 Å². The fourth-order valence-corrected chi connectivity index (χ4v) is 2.68. The molecule has 0 radical (unpaired) electrons. The van der Waals surface area contributed by atoms with Gasteiger partial charge in [0.15, 0.2) is 0 Å². The first kappa shape index (κ1) is 19.6. The van der Waals surface area contributed by atoms with Crippen LogP contribution in [0.1, 0.15) is 53.4 Å². The largest absolute Gasteiger partial charge is 0.303 e. The Labute approximate surface area is 130 Å². The number of unbranched alkanes of at least 4 members (excludes halogenated alkanes) is 1. The minimum atomic E-state index is 0.249. The van der Waals surface area contributed by atoms with Gasteiger partial charge in [-0.2, -0.15) is 0 Å². The van der Waals surface area contributed by atoms with E-state index in [4.69, 9.17) is 0 Å². The lowest BCUT2D eigenvalue weighted by Gasteiger charge is -2.28. The van der Waals surface area contributed by atoms with Crippen molar-refractivity contribution in [3.63, 3.8) is 0 Å². The van der Waals surface area contributed by atoms with Gasteiger partial charge in [-0.1, -0.05) is 50.6 Å². The summed E-state index contributed by atoms with van der Waals surface area (Å²) in [7, 11) is 0. The Morgan fingerprint density at radius 1 is 1.14 bits per heavy atom. The number of carbonyl (C=O) groups is 2. The van der Waals surface area contributed by atoms with Gasteiger partial charge >= 0.3 is 0 Å². The van der Waals surface area contributed by atoms with E-state index in [1.165, 1.54) is 5.57 Å². The minimum Gasteiger partial charge on any atom is -0.303 e. The van der Waals surface area contributed by atoms with Gasteiger partial charge in [0.25, 0.3) is 0 Å². The third-order valence-corrected chi connectivity index (χ3v) is 3.73. The van der Waals surface area contributed by atoms with Crippen LogP contribution >= 0.6 is 0 Å². The van der Waals surface area contributed by atoms with Gasteiger partial charge in [-0.3, -0.25) is 4.79 Å². The molecule has 0 bridgehead atoms. The second kappa shape index (κ2) is 12.3. The van der Waals surface area contributed by atoms with Gasteiger partial charge in [0.05, 0.1) is 0 Å². The molecule has 1 rings (SSSR count). The van der Waals surface area contributed by atoms with Crippen molar-refractivity contribution >= 4 is 12.6 Å². The van der Waals surface area contributed by atoms with Crippen LogP contribution in [0, 0.1) is 17.8 Å². The Kier molecular flexibility index (Phi) is 11.5. The van der Waals surface area contributed by atoms with E-state index in [1.807, 2.05) is 6.08 Å². The molecule has 0 fully saturated rings. The van der Waals surface area contributed by atoms with Gasteiger partial charge in [-0.25, -0.2) is 0 Å². The van der Waals surface area contributed by atoms with Crippen LogP contribution in [0.15, 0.2) is 36.0 Å². The second-order valence-electron chi connectivity index (χ2n) is 5.79. The molecular weight excluding hydrogens is 260 g/mol. The lowest BCUT2D eigenvalue weighted by atomic mass is 9.76. The topological polar surface area (TPSA) is 34.1 Å². The van der Waals surface area contributed by atoms with Crippen molar-refractivity contribution < 1.29 is 9.59 Å². The monoisotopic (exact) mass is 290 g/mol. The average molecular weight is 290 g/mol. The molecule has 0 spiro atoms. The summed E-state index contributed by atoms with van der Waals surface area (Å²) >= 11 is 0. The van der Waals surface area contributed by atoms with Crippen LogP contribution in [0.2, 0.25) is 0 Å². The first-order valence-electron chi connectivity index (χ1n) is 7.94. The first-order valence-corrected chi connectivity index (χ1v) is 7.94. The smallest absolute Gasteiger partial charge is 0.142 e. The molecule has 1 aliphatic rings. The van der Waals surface area contributed by atoms with Crippen molar-refractivity contribution in [2.45, 2.75) is 53.4 Å². The zero-order valence-electron chi connectivity index (χ0n) is 13.9. The number of hydrogen-bond donors (Lipinski definition) is 0. The predicted molar refractivity (Wildman–Crippen MR) is 90.1 cm³/mol. The highest BCUT2D eigenvalue weighted by Crippen LogP contribution is 2.31. The van der Waals surface area contributed by atoms with Crippen molar-refractivity contribution in [2.24, 2.45) is 17.8 Å². The third kappa shape index (κ3) is 9.17. The molecule has 0 aromatic rings. The molecule has 0 amide bonds. The van der Waals surface area contributed by atoms with Gasteiger partial charge in [-0.05, 0) is 50.5 Å². The lowest BCUT2D eigenvalue weighted by molar-refractivity contribution is -0.113. The van der Waals surface area contributed by atoms with Crippen molar-refractivity contribution in [3.8, 4) is 0 Å². The first-order chi connectivity index (χ1) is 10.1. The van der Waals surface area contributed by atoms with Gasteiger partial charge in [0, 0.05) is 5.92 Å². The molecule has 2 heteroatoms. The van der Waals surface area contributed by atoms with E-state index < -0.39 is 0 Å². The molecule has 0 saturated carbocycles. The van der Waals surface area contributed by atoms with Crippen LogP contribution in [0.5, 0.6) is 0 Å². The van der Waals surface area contributed by atoms with Crippen LogP contribution in [-0.4, -0.2) is 12.6 Å². The van der Waals surface area contributed by atoms with E-state index in [1.54, 1.807) is 6.08 Å². The molecule has 0 aromatic carbocycles. The summed E-state index contributed by atoms with van der Waals surface area (Å²) in [5, 5.41) is 0. The van der Waals surface area contributed by atoms with Gasteiger partial charge in [0.1, 0.15) is 12.6 Å². The summed E-state index contributed by atoms with van der Waals surface area (Å²) in [5.41, 5.74) is 1.43. The normalized spacial score (nSPS) is 25.3. The highest BCUT2D eigenvalue weighted by molar-refractivity contribution is 5.64. The molecule has 1 aliphatic carbocycles. The van der Waals surface area contributed by atoms with Gasteiger partial charge in [-0.15, -0.1) is 0 Å². The van der Waals surface area contributed by atoms with Crippen molar-refractivity contribution in [1.29, 1.82) is 0 Å². The number of allylic oxidation sites excluding steroid dienone is 6. The van der Waals surface area contributed by atoms with Crippen LogP contribution in [0.4, 0.5) is 0 Å². The van der Waals surface area contributed by atoms with Crippen molar-refractivity contribution in [1.82, 2.24) is 0 Å². The maximum absolute atomic E-state index is 10.7. The molecule has 3 atom stereocenters. The van der Waals surface area contributed by atoms with E-state index in [-0.39, 0.29) is 5.92 Å². The van der Waals surface area contributed by atoms with Crippen molar-refractivity contribution in [2.75, 3.05) is 0 Å². The fourth-order valence-electron chi connectivity index (χ4n) is 2.68. The average Bonchev–Trinajstić information content (AvgIpc) is 2.43. The summed E-state index contributed by atoms with van der Waals surface area (Å²) in [6, 6.07) is 0. The van der Waals surface area contributed by atoms with Crippen LogP contribution < -0.4 is 0 Å². The summed E-state index contributed by atoms with van der Waals surface area (Å²) in [5.74, 6) is 1.22. The van der Waals surface area contributed by atoms with E-state index >= 15 is 0 Å². The lowest BCUT2D eigenvalue weighted by Crippen LogP contribution is -2.24. The maximum Gasteiger partial charge on any atom is 0.142 e. The maximum atomic E-state index is 10.7. The minimum absolute atomic E-state index is 0.249. The highest BCUT2D eigenvalue weighted by Gasteiger charge is 2.25. The SMILES string of the molecule is CC/C=C/CC/C=C/C=O.CC1=CC(C)C(C=O)C(C)C1. The highest BCUT2D eigenvalue weighted by atomic mass is 16.1. The molecule has 118 valence electrons. The molecule has 0 saturated heterocycles. The zero-order chi connectivity index (χ0) is 16.1. The molecule has 21 heavy (non-hydrogen) atoms. The number of rotatable bonds is 6. The zero-order valence-corrected chi connectivity index (χ0v) is 13.9. The molecule has 0 aromatic heterocycles. The summed E-state index contributed by atoms with van der Waals surface area (Å²) in [4.78, 5) is 20.4. The standard InChI is InChI=1S/C10H16O.C9H14O/c1-7-4-8(2)10(6-11)9(3)5-7;1-2-3-4-5-6-7-8-9-10/h4,6,8-10H,5H2,1-3H3;3-4,7-9H,2,5-6H2,1H3/b;4-3+,8-7+. The van der Waals surface area contributed by atoms with E-state index in [9.17, 15) is 9.59 Å². The number of hydrogen-bond acceptors (Lipinski definition) is 2. The third-order valence-electron chi connectivity index (χ3n) is 3.73. The summed E-state index contributed by atoms with van der Waals surface area (Å²) in [6.07, 6.45) is 16.0. The Bertz CT molecular complexity index is 377. The van der Waals surface area contributed by atoms with Crippen LogP contribution in [0.3, 0.4) is 0 Å². The summed E-state index contributed by atoms with van der Waals surface area (Å²) < 4.78 is 0. The molecule has 0 aliphatic heterocycles. The second-order valence-corrected chi connectivity index (χ2v) is 5.79. The summed E-state index contributed by atoms with van der Waals surface area (Å²) in [6.45, 7) is 8.54. The van der Waals surface area contributed by atoms with Crippen LogP contribution in [0.25, 0.3) is 0 Å². The Morgan fingerprint density at radius 2 is 1.81 bits per heavy atom. The molecular formula is C19H30O2. The Balaban J connectivity index is 0.000000384. The molecule has 2 nitrogen and oxygen atoms in total. The fraction of sp³-hybridized carbons (Fsp3) is 0.579. The molecule has 0 N–H and O–H groups in total. The Hall–Kier alpha value is -1.44. The number of aldehydes is 2. The number of carbonyl (C=O) groups excluding carboxylic acids is 2. The van der Waals surface area contributed by atoms with E-state index in [0.717, 1.165) is 38.3 Å². The molecule has 3 unspecified atom stereocenters. The van der Waals surface area contributed by atoms with Gasteiger partial charge < -0.3 is 4.79 Å². The van der Waals surface area contributed by atoms with Crippen molar-refractivity contribution in [3.05, 3.63) is 36.0 Å². The van der Waals surface area contributed by atoms with E-state index in [0.29, 0.717) is 11.8 Å². The quantitative estimate of drug-likeness (QED) is 0.301. The van der Waals surface area contributed by atoms with Gasteiger partial charge in [0.2, 0.25) is 0 Å². The molecule has 0 heterocycles. The van der Waals surface area contributed by atoms with Crippen LogP contribution in [-0.2, 0) is 9.59 Å². The Morgan fingerprint density at radius 3 is 2.33 bits per heavy atom.